The third kappa shape index (κ3) is 4.89. The van der Waals surface area contributed by atoms with E-state index in [4.69, 9.17) is 0 Å². The molecule has 1 aliphatic heterocycles. The van der Waals surface area contributed by atoms with Crippen molar-refractivity contribution in [1.29, 1.82) is 0 Å². The minimum absolute atomic E-state index is 0. The van der Waals surface area contributed by atoms with Crippen molar-refractivity contribution in [2.24, 2.45) is 10.9 Å². The van der Waals surface area contributed by atoms with Crippen LogP contribution in [0.25, 0.3) is 0 Å². The maximum atomic E-state index is 4.39. The van der Waals surface area contributed by atoms with Crippen LogP contribution in [0.1, 0.15) is 44.9 Å². The van der Waals surface area contributed by atoms with Gasteiger partial charge in [0.25, 0.3) is 0 Å². The molecular formula is C12H24IN3. The van der Waals surface area contributed by atoms with Crippen molar-refractivity contribution in [1.82, 2.24) is 10.6 Å². The number of guanidine groups is 1. The molecule has 0 unspecified atom stereocenters. The molecule has 94 valence electrons. The molecule has 4 heteroatoms. The van der Waals surface area contributed by atoms with Crippen molar-refractivity contribution < 1.29 is 0 Å². The van der Waals surface area contributed by atoms with Gasteiger partial charge in [-0.05, 0) is 25.2 Å². The Morgan fingerprint density at radius 1 is 1.25 bits per heavy atom. The third-order valence-corrected chi connectivity index (χ3v) is 3.45. The van der Waals surface area contributed by atoms with Crippen molar-refractivity contribution in [2.45, 2.75) is 44.9 Å². The summed E-state index contributed by atoms with van der Waals surface area (Å²) in [5.41, 5.74) is 0. The molecule has 0 radical (unpaired) electrons. The van der Waals surface area contributed by atoms with Gasteiger partial charge >= 0.3 is 0 Å². The zero-order valence-corrected chi connectivity index (χ0v) is 12.3. The molecule has 0 spiro atoms. The molecule has 2 rings (SSSR count). The molecule has 1 aliphatic carbocycles. The van der Waals surface area contributed by atoms with Crippen LogP contribution < -0.4 is 10.6 Å². The molecule has 0 aromatic heterocycles. The topological polar surface area (TPSA) is 36.4 Å². The summed E-state index contributed by atoms with van der Waals surface area (Å²) in [5.74, 6) is 2.04. The van der Waals surface area contributed by atoms with E-state index < -0.39 is 0 Å². The fraction of sp³-hybridized carbons (Fsp3) is 0.917. The highest BCUT2D eigenvalue weighted by atomic mass is 127. The second-order valence-electron chi connectivity index (χ2n) is 4.73. The van der Waals surface area contributed by atoms with Crippen LogP contribution in [-0.2, 0) is 0 Å². The molecule has 0 aromatic rings. The number of nitrogens with zero attached hydrogens (tertiary/aromatic N) is 1. The maximum absolute atomic E-state index is 4.39. The van der Waals surface area contributed by atoms with Gasteiger partial charge in [-0.15, -0.1) is 24.0 Å². The standard InChI is InChI=1S/C12H23N3.HI/c1-2-6-11(5-1)7-3-8-13-12-14-9-4-10-15-12;/h11H,1-10H2,(H2,13,14,15);1H. The average Bonchev–Trinajstić information content (AvgIpc) is 2.79. The molecule has 0 bridgehead atoms. The monoisotopic (exact) mass is 337 g/mol. The van der Waals surface area contributed by atoms with Crippen LogP contribution in [0.5, 0.6) is 0 Å². The van der Waals surface area contributed by atoms with Crippen molar-refractivity contribution in [3.05, 3.63) is 0 Å². The van der Waals surface area contributed by atoms with E-state index >= 15 is 0 Å². The van der Waals surface area contributed by atoms with Crippen molar-refractivity contribution in [3.8, 4) is 0 Å². The Morgan fingerprint density at radius 2 is 2.06 bits per heavy atom. The number of nitrogens with one attached hydrogen (secondary N) is 2. The first-order chi connectivity index (χ1) is 7.45. The van der Waals surface area contributed by atoms with Gasteiger partial charge in [0.15, 0.2) is 5.96 Å². The van der Waals surface area contributed by atoms with E-state index in [0.29, 0.717) is 0 Å². The Labute approximate surface area is 116 Å². The quantitative estimate of drug-likeness (QED) is 0.611. The Kier molecular flexibility index (Phi) is 7.16. The van der Waals surface area contributed by atoms with Crippen LogP contribution in [0.15, 0.2) is 4.99 Å². The molecular weight excluding hydrogens is 313 g/mol. The SMILES string of the molecule is C1CN=C(NCCCC2CCCC2)NC1.I. The number of aliphatic imine (C=N–C) groups is 1. The van der Waals surface area contributed by atoms with E-state index in [0.717, 1.165) is 31.5 Å². The van der Waals surface area contributed by atoms with E-state index in [2.05, 4.69) is 15.6 Å². The molecule has 0 atom stereocenters. The fourth-order valence-electron chi connectivity index (χ4n) is 2.55. The summed E-state index contributed by atoms with van der Waals surface area (Å²) in [6.07, 6.45) is 9.75. The summed E-state index contributed by atoms with van der Waals surface area (Å²) >= 11 is 0. The minimum atomic E-state index is 0. The minimum Gasteiger partial charge on any atom is -0.356 e. The number of rotatable bonds is 4. The van der Waals surface area contributed by atoms with E-state index in [9.17, 15) is 0 Å². The second-order valence-corrected chi connectivity index (χ2v) is 4.73. The fourth-order valence-corrected chi connectivity index (χ4v) is 2.55. The van der Waals surface area contributed by atoms with E-state index in [1.54, 1.807) is 0 Å². The van der Waals surface area contributed by atoms with Gasteiger partial charge in [-0.3, -0.25) is 4.99 Å². The summed E-state index contributed by atoms with van der Waals surface area (Å²) < 4.78 is 0. The summed E-state index contributed by atoms with van der Waals surface area (Å²) in [4.78, 5) is 4.39. The molecule has 0 aromatic carbocycles. The van der Waals surface area contributed by atoms with Crippen molar-refractivity contribution in [2.75, 3.05) is 19.6 Å². The van der Waals surface area contributed by atoms with Gasteiger partial charge < -0.3 is 10.6 Å². The second kappa shape index (κ2) is 8.14. The summed E-state index contributed by atoms with van der Waals surface area (Å²) in [6, 6.07) is 0. The van der Waals surface area contributed by atoms with Crippen LogP contribution in [-0.4, -0.2) is 25.6 Å². The average molecular weight is 337 g/mol. The zero-order chi connectivity index (χ0) is 10.3. The van der Waals surface area contributed by atoms with Crippen LogP contribution in [0.3, 0.4) is 0 Å². The zero-order valence-electron chi connectivity index (χ0n) is 10.0. The highest BCUT2D eigenvalue weighted by molar-refractivity contribution is 14.0. The molecule has 1 heterocycles. The Hall–Kier alpha value is 0. The Bertz CT molecular complexity index is 212. The molecule has 1 saturated carbocycles. The van der Waals surface area contributed by atoms with Crippen LogP contribution in [0.2, 0.25) is 0 Å². The highest BCUT2D eigenvalue weighted by Crippen LogP contribution is 2.28. The number of hydrogen-bond donors (Lipinski definition) is 2. The summed E-state index contributed by atoms with van der Waals surface area (Å²) in [7, 11) is 0. The lowest BCUT2D eigenvalue weighted by Crippen LogP contribution is -2.41. The lowest BCUT2D eigenvalue weighted by molar-refractivity contribution is 0.481. The van der Waals surface area contributed by atoms with E-state index in [-0.39, 0.29) is 24.0 Å². The normalized spacial score (nSPS) is 20.9. The Balaban J connectivity index is 0.00000128. The van der Waals surface area contributed by atoms with Gasteiger partial charge in [-0.25, -0.2) is 0 Å². The largest absolute Gasteiger partial charge is 0.356 e. The molecule has 3 nitrogen and oxygen atoms in total. The van der Waals surface area contributed by atoms with Gasteiger partial charge in [0, 0.05) is 19.6 Å². The maximum Gasteiger partial charge on any atom is 0.191 e. The number of halogens is 1. The highest BCUT2D eigenvalue weighted by Gasteiger charge is 2.14. The third-order valence-electron chi connectivity index (χ3n) is 3.45. The molecule has 2 aliphatic rings. The van der Waals surface area contributed by atoms with E-state index in [1.165, 1.54) is 44.9 Å². The molecule has 1 fully saturated rings. The first kappa shape index (κ1) is 14.1. The predicted octanol–water partition coefficient (Wildman–Crippen LogP) is 2.51. The predicted molar refractivity (Wildman–Crippen MR) is 79.5 cm³/mol. The Morgan fingerprint density at radius 3 is 2.75 bits per heavy atom. The lowest BCUT2D eigenvalue weighted by atomic mass is 10.0. The first-order valence-corrected chi connectivity index (χ1v) is 6.47. The number of hydrogen-bond acceptors (Lipinski definition) is 3. The van der Waals surface area contributed by atoms with Crippen LogP contribution in [0.4, 0.5) is 0 Å². The van der Waals surface area contributed by atoms with Gasteiger partial charge in [-0.1, -0.05) is 25.7 Å². The van der Waals surface area contributed by atoms with Gasteiger partial charge in [0.2, 0.25) is 0 Å². The van der Waals surface area contributed by atoms with Gasteiger partial charge in [-0.2, -0.15) is 0 Å². The summed E-state index contributed by atoms with van der Waals surface area (Å²) in [6.45, 7) is 3.15. The molecule has 0 amide bonds. The van der Waals surface area contributed by atoms with Crippen LogP contribution in [0, 0.1) is 5.92 Å². The van der Waals surface area contributed by atoms with Gasteiger partial charge in [0.05, 0.1) is 0 Å². The molecule has 16 heavy (non-hydrogen) atoms. The van der Waals surface area contributed by atoms with Crippen LogP contribution >= 0.6 is 24.0 Å². The molecule has 2 N–H and O–H groups in total. The smallest absolute Gasteiger partial charge is 0.191 e. The van der Waals surface area contributed by atoms with Crippen molar-refractivity contribution >= 4 is 29.9 Å². The first-order valence-electron chi connectivity index (χ1n) is 6.47. The lowest BCUT2D eigenvalue weighted by Gasteiger charge is -2.16. The van der Waals surface area contributed by atoms with Crippen molar-refractivity contribution in [3.63, 3.8) is 0 Å². The molecule has 0 saturated heterocycles. The van der Waals surface area contributed by atoms with Gasteiger partial charge in [0.1, 0.15) is 0 Å². The van der Waals surface area contributed by atoms with E-state index in [1.807, 2.05) is 0 Å². The summed E-state index contributed by atoms with van der Waals surface area (Å²) in [5, 5.41) is 6.67.